The van der Waals surface area contributed by atoms with E-state index in [4.69, 9.17) is 15.3 Å². The lowest BCUT2D eigenvalue weighted by atomic mass is 9.96. The van der Waals surface area contributed by atoms with Crippen LogP contribution >= 0.6 is 0 Å². The third-order valence-electron chi connectivity index (χ3n) is 3.19. The Labute approximate surface area is 108 Å². The zero-order chi connectivity index (χ0) is 12.8. The minimum Gasteiger partial charge on any atom is -0.501 e. The number of benzene rings is 1. The number of hydrogen-bond donors (Lipinski definition) is 2. The van der Waals surface area contributed by atoms with Crippen molar-refractivity contribution in [2.45, 2.75) is 25.3 Å². The molecule has 1 aromatic carbocycles. The zero-order valence-electron chi connectivity index (χ0n) is 10.7. The highest BCUT2D eigenvalue weighted by Crippen LogP contribution is 2.20. The highest BCUT2D eigenvalue weighted by Gasteiger charge is 2.16. The fraction of sp³-hybridized carbons (Fsp3) is 0.429. The third kappa shape index (κ3) is 3.24. The Morgan fingerprint density at radius 2 is 2.39 bits per heavy atom. The Balaban J connectivity index is 2.07. The van der Waals surface area contributed by atoms with Gasteiger partial charge in [-0.15, -0.1) is 0 Å². The Morgan fingerprint density at radius 3 is 3.06 bits per heavy atom. The summed E-state index contributed by atoms with van der Waals surface area (Å²) in [6, 6.07) is 8.17. The van der Waals surface area contributed by atoms with Crippen molar-refractivity contribution in [3.63, 3.8) is 0 Å². The molecule has 1 heterocycles. The first-order chi connectivity index (χ1) is 8.83. The van der Waals surface area contributed by atoms with Gasteiger partial charge in [-0.2, -0.15) is 0 Å². The monoisotopic (exact) mass is 248 g/mol. The van der Waals surface area contributed by atoms with Gasteiger partial charge in [0.05, 0.1) is 20.0 Å². The Kier molecular flexibility index (Phi) is 4.61. The second-order valence-electron chi connectivity index (χ2n) is 4.44. The van der Waals surface area contributed by atoms with Crippen LogP contribution in [0.3, 0.4) is 0 Å². The molecule has 1 aromatic rings. The molecule has 0 radical (unpaired) electrons. The van der Waals surface area contributed by atoms with Gasteiger partial charge in [0.25, 0.3) is 0 Å². The molecule has 0 aliphatic carbocycles. The van der Waals surface area contributed by atoms with Crippen LogP contribution in [0.4, 0.5) is 0 Å². The fourth-order valence-corrected chi connectivity index (χ4v) is 2.17. The summed E-state index contributed by atoms with van der Waals surface area (Å²) in [5, 5.41) is 0. The SMILES string of the molecule is COc1cccc(CC(NN)C2=COCCC2)c1. The minimum atomic E-state index is 0.123. The summed E-state index contributed by atoms with van der Waals surface area (Å²) in [6.45, 7) is 0.806. The average molecular weight is 248 g/mol. The molecule has 18 heavy (non-hydrogen) atoms. The quantitative estimate of drug-likeness (QED) is 0.616. The number of ether oxygens (including phenoxy) is 2. The van der Waals surface area contributed by atoms with Gasteiger partial charge in [0, 0.05) is 6.04 Å². The summed E-state index contributed by atoms with van der Waals surface area (Å²) in [5.74, 6) is 6.52. The molecule has 4 nitrogen and oxygen atoms in total. The molecule has 2 rings (SSSR count). The molecule has 3 N–H and O–H groups in total. The number of hydrogen-bond acceptors (Lipinski definition) is 4. The first-order valence-corrected chi connectivity index (χ1v) is 6.23. The van der Waals surface area contributed by atoms with Gasteiger partial charge in [-0.25, -0.2) is 0 Å². The van der Waals surface area contributed by atoms with Crippen LogP contribution in [0, 0.1) is 0 Å². The van der Waals surface area contributed by atoms with E-state index in [-0.39, 0.29) is 6.04 Å². The molecule has 1 aliphatic heterocycles. The molecule has 1 atom stereocenters. The lowest BCUT2D eigenvalue weighted by Crippen LogP contribution is -2.39. The molecule has 0 amide bonds. The standard InChI is InChI=1S/C14H20N2O2/c1-17-13-6-2-4-11(8-13)9-14(16-15)12-5-3-7-18-10-12/h2,4,6,8,10,14,16H,3,5,7,9,15H2,1H3. The highest BCUT2D eigenvalue weighted by molar-refractivity contribution is 5.30. The van der Waals surface area contributed by atoms with Crippen LogP contribution in [-0.2, 0) is 11.2 Å². The minimum absolute atomic E-state index is 0.123. The molecule has 0 fully saturated rings. The third-order valence-corrected chi connectivity index (χ3v) is 3.19. The summed E-state index contributed by atoms with van der Waals surface area (Å²) in [4.78, 5) is 0. The second kappa shape index (κ2) is 6.42. The molecule has 0 spiro atoms. The topological polar surface area (TPSA) is 56.5 Å². The maximum absolute atomic E-state index is 5.64. The van der Waals surface area contributed by atoms with Gasteiger partial charge >= 0.3 is 0 Å². The molecule has 0 saturated carbocycles. The number of nitrogens with two attached hydrogens (primary N) is 1. The van der Waals surface area contributed by atoms with Crippen molar-refractivity contribution >= 4 is 0 Å². The van der Waals surface area contributed by atoms with E-state index >= 15 is 0 Å². The summed E-state index contributed by atoms with van der Waals surface area (Å²) in [6.07, 6.45) is 4.78. The van der Waals surface area contributed by atoms with Crippen LogP contribution in [0.25, 0.3) is 0 Å². The Morgan fingerprint density at radius 1 is 1.50 bits per heavy atom. The van der Waals surface area contributed by atoms with Crippen LogP contribution < -0.4 is 16.0 Å². The molecule has 4 heteroatoms. The second-order valence-corrected chi connectivity index (χ2v) is 4.44. The number of rotatable bonds is 5. The van der Waals surface area contributed by atoms with Crippen molar-refractivity contribution in [1.82, 2.24) is 5.43 Å². The summed E-state index contributed by atoms with van der Waals surface area (Å²) in [5.41, 5.74) is 5.29. The fourth-order valence-electron chi connectivity index (χ4n) is 2.17. The highest BCUT2D eigenvalue weighted by atomic mass is 16.5. The number of methoxy groups -OCH3 is 1. The van der Waals surface area contributed by atoms with E-state index in [1.807, 2.05) is 24.5 Å². The predicted octanol–water partition coefficient (Wildman–Crippen LogP) is 1.76. The van der Waals surface area contributed by atoms with Crippen LogP contribution in [0.2, 0.25) is 0 Å². The molecular formula is C14H20N2O2. The molecule has 98 valence electrons. The summed E-state index contributed by atoms with van der Waals surface area (Å²) >= 11 is 0. The van der Waals surface area contributed by atoms with Crippen molar-refractivity contribution in [3.05, 3.63) is 41.7 Å². The molecule has 0 saturated heterocycles. The van der Waals surface area contributed by atoms with Gasteiger partial charge < -0.3 is 9.47 Å². The molecule has 0 bridgehead atoms. The first kappa shape index (κ1) is 12.9. The number of hydrazine groups is 1. The maximum atomic E-state index is 5.64. The Bertz CT molecular complexity index is 418. The number of nitrogens with one attached hydrogen (secondary N) is 1. The lowest BCUT2D eigenvalue weighted by molar-refractivity contribution is 0.219. The van der Waals surface area contributed by atoms with E-state index in [2.05, 4.69) is 11.5 Å². The van der Waals surface area contributed by atoms with Crippen molar-refractivity contribution in [3.8, 4) is 5.75 Å². The van der Waals surface area contributed by atoms with Gasteiger partial charge in [-0.05, 0) is 42.5 Å². The van der Waals surface area contributed by atoms with Gasteiger partial charge in [0.15, 0.2) is 0 Å². The normalized spacial score (nSPS) is 16.7. The first-order valence-electron chi connectivity index (χ1n) is 6.23. The molecule has 0 aromatic heterocycles. The summed E-state index contributed by atoms with van der Waals surface area (Å²) < 4.78 is 10.6. The van der Waals surface area contributed by atoms with E-state index in [0.717, 1.165) is 31.6 Å². The van der Waals surface area contributed by atoms with E-state index in [9.17, 15) is 0 Å². The Hall–Kier alpha value is -1.52. The molecule has 1 unspecified atom stereocenters. The smallest absolute Gasteiger partial charge is 0.119 e. The van der Waals surface area contributed by atoms with Crippen LogP contribution in [0.15, 0.2) is 36.1 Å². The van der Waals surface area contributed by atoms with Crippen molar-refractivity contribution in [1.29, 1.82) is 0 Å². The van der Waals surface area contributed by atoms with Gasteiger partial charge in [0.1, 0.15) is 5.75 Å². The van der Waals surface area contributed by atoms with E-state index in [1.165, 1.54) is 11.1 Å². The predicted molar refractivity (Wildman–Crippen MR) is 71.1 cm³/mol. The van der Waals surface area contributed by atoms with E-state index in [1.54, 1.807) is 7.11 Å². The largest absolute Gasteiger partial charge is 0.501 e. The van der Waals surface area contributed by atoms with Crippen molar-refractivity contribution in [2.75, 3.05) is 13.7 Å². The van der Waals surface area contributed by atoms with E-state index in [0.29, 0.717) is 0 Å². The van der Waals surface area contributed by atoms with Crippen LogP contribution in [0.1, 0.15) is 18.4 Å². The van der Waals surface area contributed by atoms with Crippen molar-refractivity contribution < 1.29 is 9.47 Å². The maximum Gasteiger partial charge on any atom is 0.119 e. The molecule has 1 aliphatic rings. The van der Waals surface area contributed by atoms with Gasteiger partial charge in [-0.3, -0.25) is 11.3 Å². The molecular weight excluding hydrogens is 228 g/mol. The van der Waals surface area contributed by atoms with Crippen LogP contribution in [0.5, 0.6) is 5.75 Å². The van der Waals surface area contributed by atoms with Crippen molar-refractivity contribution in [2.24, 2.45) is 5.84 Å². The lowest BCUT2D eigenvalue weighted by Gasteiger charge is -2.22. The van der Waals surface area contributed by atoms with Crippen LogP contribution in [-0.4, -0.2) is 19.8 Å². The average Bonchev–Trinajstić information content (AvgIpc) is 2.46. The van der Waals surface area contributed by atoms with Gasteiger partial charge in [-0.1, -0.05) is 12.1 Å². The summed E-state index contributed by atoms with van der Waals surface area (Å²) in [7, 11) is 1.68. The van der Waals surface area contributed by atoms with E-state index < -0.39 is 0 Å². The van der Waals surface area contributed by atoms with Gasteiger partial charge in [0.2, 0.25) is 0 Å². The zero-order valence-corrected chi connectivity index (χ0v) is 10.7.